The monoisotopic (exact) mass is 421 g/mol. The summed E-state index contributed by atoms with van der Waals surface area (Å²) < 4.78 is 3.96. The van der Waals surface area contributed by atoms with Crippen LogP contribution in [0.25, 0.3) is 22.8 Å². The Morgan fingerprint density at radius 1 is 0.773 bits per heavy atom. The summed E-state index contributed by atoms with van der Waals surface area (Å²) in [5, 5.41) is 18.0. The lowest BCUT2D eigenvalue weighted by atomic mass is 10.2. The van der Waals surface area contributed by atoms with Crippen molar-refractivity contribution in [2.45, 2.75) is 6.54 Å². The fourth-order valence-electron chi connectivity index (χ4n) is 2.24. The molecule has 0 unspecified atom stereocenters. The molecule has 6 heteroatoms. The predicted octanol–water partition coefficient (Wildman–Crippen LogP) is 4.13. The van der Waals surface area contributed by atoms with Crippen LogP contribution in [0.4, 0.5) is 0 Å². The molecule has 112 valence electrons. The summed E-state index contributed by atoms with van der Waals surface area (Å²) in [4.78, 5) is 0. The van der Waals surface area contributed by atoms with Gasteiger partial charge < -0.3 is 9.67 Å². The second-order valence-electron chi connectivity index (χ2n) is 4.74. The Morgan fingerprint density at radius 2 is 1.18 bits per heavy atom. The maximum Gasteiger partial charge on any atom is 0.164 e. The van der Waals surface area contributed by atoms with Gasteiger partial charge in [-0.15, -0.1) is 10.2 Å². The summed E-state index contributed by atoms with van der Waals surface area (Å²) in [5.41, 5.74) is 1.93. The van der Waals surface area contributed by atoms with E-state index in [1.807, 2.05) is 53.1 Å². The maximum absolute atomic E-state index is 9.38. The standard InChI is InChI=1S/C16H13Br2N3O/c17-13-5-1-11(2-6-13)15-19-20-16(21(15)9-10-22)12-3-7-14(18)8-4-12/h1-8,22H,9-10H2. The molecule has 0 aliphatic heterocycles. The van der Waals surface area contributed by atoms with Crippen molar-refractivity contribution in [1.82, 2.24) is 14.8 Å². The number of halogens is 2. The van der Waals surface area contributed by atoms with Gasteiger partial charge in [0.1, 0.15) is 0 Å². The Morgan fingerprint density at radius 3 is 1.55 bits per heavy atom. The summed E-state index contributed by atoms with van der Waals surface area (Å²) in [5.74, 6) is 1.50. The van der Waals surface area contributed by atoms with Crippen LogP contribution in [0.1, 0.15) is 0 Å². The molecule has 1 N–H and O–H groups in total. The topological polar surface area (TPSA) is 50.9 Å². The molecule has 0 saturated heterocycles. The van der Waals surface area contributed by atoms with Crippen molar-refractivity contribution in [3.8, 4) is 22.8 Å². The van der Waals surface area contributed by atoms with Gasteiger partial charge in [-0.1, -0.05) is 56.1 Å². The third kappa shape index (κ3) is 3.14. The molecule has 0 aliphatic rings. The molecular weight excluding hydrogens is 410 g/mol. The highest BCUT2D eigenvalue weighted by Gasteiger charge is 2.15. The number of benzene rings is 2. The highest BCUT2D eigenvalue weighted by molar-refractivity contribution is 9.10. The molecule has 0 bridgehead atoms. The highest BCUT2D eigenvalue weighted by atomic mass is 79.9. The quantitative estimate of drug-likeness (QED) is 0.687. The van der Waals surface area contributed by atoms with Crippen LogP contribution in [-0.2, 0) is 6.54 Å². The lowest BCUT2D eigenvalue weighted by Crippen LogP contribution is -2.06. The van der Waals surface area contributed by atoms with E-state index in [9.17, 15) is 5.11 Å². The predicted molar refractivity (Wildman–Crippen MR) is 93.4 cm³/mol. The van der Waals surface area contributed by atoms with Gasteiger partial charge in [0.05, 0.1) is 6.61 Å². The number of hydrogen-bond acceptors (Lipinski definition) is 3. The van der Waals surface area contributed by atoms with Gasteiger partial charge in [0, 0.05) is 26.6 Å². The van der Waals surface area contributed by atoms with Gasteiger partial charge in [-0.3, -0.25) is 0 Å². The molecule has 0 fully saturated rings. The van der Waals surface area contributed by atoms with Crippen molar-refractivity contribution in [3.05, 3.63) is 57.5 Å². The Labute approximate surface area is 145 Å². The lowest BCUT2D eigenvalue weighted by Gasteiger charge is -2.09. The fourth-order valence-corrected chi connectivity index (χ4v) is 2.77. The Bertz CT molecular complexity index is 704. The smallest absolute Gasteiger partial charge is 0.164 e. The first-order valence-electron chi connectivity index (χ1n) is 6.75. The Hall–Kier alpha value is -1.50. The van der Waals surface area contributed by atoms with E-state index in [-0.39, 0.29) is 6.61 Å². The summed E-state index contributed by atoms with van der Waals surface area (Å²) in [6.45, 7) is 0.481. The average molecular weight is 423 g/mol. The normalized spacial score (nSPS) is 10.9. The zero-order valence-electron chi connectivity index (χ0n) is 11.6. The molecule has 4 nitrogen and oxygen atoms in total. The molecule has 0 aliphatic carbocycles. The molecule has 0 spiro atoms. The molecule has 0 atom stereocenters. The first-order chi connectivity index (χ1) is 10.7. The van der Waals surface area contributed by atoms with Gasteiger partial charge in [0.15, 0.2) is 11.6 Å². The minimum absolute atomic E-state index is 0.0328. The Balaban J connectivity index is 2.08. The number of aliphatic hydroxyl groups excluding tert-OH is 1. The van der Waals surface area contributed by atoms with Gasteiger partial charge in [-0.05, 0) is 24.3 Å². The van der Waals surface area contributed by atoms with E-state index in [1.54, 1.807) is 0 Å². The minimum Gasteiger partial charge on any atom is -0.395 e. The van der Waals surface area contributed by atoms with Crippen molar-refractivity contribution in [1.29, 1.82) is 0 Å². The van der Waals surface area contributed by atoms with Crippen LogP contribution in [0.5, 0.6) is 0 Å². The van der Waals surface area contributed by atoms with Gasteiger partial charge in [-0.25, -0.2) is 0 Å². The van der Waals surface area contributed by atoms with Crippen molar-refractivity contribution in [2.24, 2.45) is 0 Å². The average Bonchev–Trinajstić information content (AvgIpc) is 2.93. The molecule has 2 aromatic carbocycles. The van der Waals surface area contributed by atoms with Crippen LogP contribution < -0.4 is 0 Å². The zero-order valence-corrected chi connectivity index (χ0v) is 14.7. The van der Waals surface area contributed by atoms with E-state index >= 15 is 0 Å². The highest BCUT2D eigenvalue weighted by Crippen LogP contribution is 2.26. The fraction of sp³-hybridized carbons (Fsp3) is 0.125. The summed E-state index contributed by atoms with van der Waals surface area (Å²) in [6, 6.07) is 15.8. The van der Waals surface area contributed by atoms with E-state index in [0.29, 0.717) is 6.54 Å². The molecule has 0 radical (unpaired) electrons. The van der Waals surface area contributed by atoms with Gasteiger partial charge in [-0.2, -0.15) is 0 Å². The zero-order chi connectivity index (χ0) is 15.5. The van der Waals surface area contributed by atoms with Gasteiger partial charge in [0.2, 0.25) is 0 Å². The molecule has 1 heterocycles. The second kappa shape index (κ2) is 6.73. The molecule has 0 saturated carbocycles. The molecule has 0 amide bonds. The van der Waals surface area contributed by atoms with Crippen LogP contribution in [0.2, 0.25) is 0 Å². The van der Waals surface area contributed by atoms with Crippen LogP contribution in [0.15, 0.2) is 57.5 Å². The summed E-state index contributed by atoms with van der Waals surface area (Å²) in [7, 11) is 0. The van der Waals surface area contributed by atoms with E-state index < -0.39 is 0 Å². The van der Waals surface area contributed by atoms with E-state index in [0.717, 1.165) is 31.7 Å². The lowest BCUT2D eigenvalue weighted by molar-refractivity contribution is 0.277. The number of rotatable bonds is 4. The minimum atomic E-state index is 0.0328. The van der Waals surface area contributed by atoms with E-state index in [1.165, 1.54) is 0 Å². The van der Waals surface area contributed by atoms with Crippen molar-refractivity contribution in [3.63, 3.8) is 0 Å². The van der Waals surface area contributed by atoms with E-state index in [2.05, 4.69) is 42.1 Å². The molecule has 3 rings (SSSR count). The molecular formula is C16H13Br2N3O. The summed E-state index contributed by atoms with van der Waals surface area (Å²) in [6.07, 6.45) is 0. The van der Waals surface area contributed by atoms with E-state index in [4.69, 9.17) is 0 Å². The van der Waals surface area contributed by atoms with Gasteiger partial charge in [0.25, 0.3) is 0 Å². The number of aromatic nitrogens is 3. The molecule has 3 aromatic rings. The van der Waals surface area contributed by atoms with Crippen LogP contribution >= 0.6 is 31.9 Å². The van der Waals surface area contributed by atoms with Crippen LogP contribution in [0, 0.1) is 0 Å². The first kappa shape index (κ1) is 15.4. The van der Waals surface area contributed by atoms with Crippen molar-refractivity contribution in [2.75, 3.05) is 6.61 Å². The second-order valence-corrected chi connectivity index (χ2v) is 6.57. The first-order valence-corrected chi connectivity index (χ1v) is 8.33. The third-order valence-electron chi connectivity index (χ3n) is 3.28. The van der Waals surface area contributed by atoms with Crippen LogP contribution in [0.3, 0.4) is 0 Å². The summed E-state index contributed by atoms with van der Waals surface area (Å²) >= 11 is 6.86. The van der Waals surface area contributed by atoms with Crippen molar-refractivity contribution < 1.29 is 5.11 Å². The van der Waals surface area contributed by atoms with Crippen LogP contribution in [-0.4, -0.2) is 26.5 Å². The maximum atomic E-state index is 9.38. The molecule has 22 heavy (non-hydrogen) atoms. The Kier molecular flexibility index (Phi) is 4.71. The molecule has 1 aromatic heterocycles. The largest absolute Gasteiger partial charge is 0.395 e. The van der Waals surface area contributed by atoms with Crippen molar-refractivity contribution >= 4 is 31.9 Å². The third-order valence-corrected chi connectivity index (χ3v) is 4.34. The SMILES string of the molecule is OCCn1c(-c2ccc(Br)cc2)nnc1-c1ccc(Br)cc1. The number of hydrogen-bond donors (Lipinski definition) is 1. The van der Waals surface area contributed by atoms with Gasteiger partial charge >= 0.3 is 0 Å². The number of aliphatic hydroxyl groups is 1. The number of nitrogens with zero attached hydrogens (tertiary/aromatic N) is 3.